The summed E-state index contributed by atoms with van der Waals surface area (Å²) >= 11 is 1.41. The summed E-state index contributed by atoms with van der Waals surface area (Å²) in [4.78, 5) is 0.496. The molecular weight excluding hydrogens is 218 g/mol. The molecule has 14 heavy (non-hydrogen) atoms. The second-order valence-electron chi connectivity index (χ2n) is 2.89. The number of halogens is 1. The van der Waals surface area contributed by atoms with Crippen molar-refractivity contribution in [3.8, 4) is 11.3 Å². The molecule has 0 spiro atoms. The first-order valence-corrected chi connectivity index (χ1v) is 4.88. The largest absolute Gasteiger partial charge is 1.00 e. The van der Waals surface area contributed by atoms with Crippen LogP contribution in [-0.4, -0.2) is 0 Å². The first-order valence-electron chi connectivity index (χ1n) is 4.00. The van der Waals surface area contributed by atoms with Crippen molar-refractivity contribution in [2.24, 2.45) is 0 Å². The van der Waals surface area contributed by atoms with E-state index < -0.39 is 0 Å². The average Bonchev–Trinajstić information content (AvgIpc) is 2.53. The van der Waals surface area contributed by atoms with Gasteiger partial charge in [-0.05, 0) is 18.3 Å². The predicted octanol–water partition coefficient (Wildman–Crippen LogP) is -2.02. The van der Waals surface area contributed by atoms with Crippen molar-refractivity contribution in [3.05, 3.63) is 40.1 Å². The second kappa shape index (κ2) is 4.44. The van der Waals surface area contributed by atoms with E-state index in [2.05, 4.69) is 19.1 Å². The van der Waals surface area contributed by atoms with Gasteiger partial charge in [0, 0.05) is 10.9 Å². The minimum absolute atomic E-state index is 0. The van der Waals surface area contributed by atoms with Crippen LogP contribution in [0.2, 0.25) is 0 Å². The van der Waals surface area contributed by atoms with Crippen molar-refractivity contribution < 1.29 is 22.2 Å². The molecule has 0 aliphatic carbocycles. The molecular formula is C10H10ClNOS. The van der Waals surface area contributed by atoms with Crippen LogP contribution in [0.4, 0.5) is 0 Å². The Morgan fingerprint density at radius 1 is 1.21 bits per heavy atom. The highest BCUT2D eigenvalue weighted by Crippen LogP contribution is 2.19. The highest BCUT2D eigenvalue weighted by molar-refractivity contribution is 7.07. The molecule has 0 saturated heterocycles. The van der Waals surface area contributed by atoms with E-state index in [4.69, 9.17) is 9.83 Å². The molecule has 2 nitrogen and oxygen atoms in total. The minimum Gasteiger partial charge on any atom is -1.00 e. The van der Waals surface area contributed by atoms with Crippen LogP contribution in [-0.2, 0) is 0 Å². The van der Waals surface area contributed by atoms with Gasteiger partial charge in [0.05, 0.1) is 0 Å². The number of aryl methyl sites for hydroxylation is 1. The number of benzene rings is 1. The number of nitrogens with two attached hydrogens (primary N) is 1. The van der Waals surface area contributed by atoms with Crippen molar-refractivity contribution in [2.45, 2.75) is 6.92 Å². The number of rotatable bonds is 1. The van der Waals surface area contributed by atoms with Crippen LogP contribution in [0.25, 0.3) is 11.3 Å². The summed E-state index contributed by atoms with van der Waals surface area (Å²) in [5.41, 5.74) is 2.31. The monoisotopic (exact) mass is 227 g/mol. The molecule has 0 bridgehead atoms. The van der Waals surface area contributed by atoms with Crippen LogP contribution in [0, 0.1) is 6.92 Å². The zero-order chi connectivity index (χ0) is 9.26. The summed E-state index contributed by atoms with van der Waals surface area (Å²) in [6, 6.07) is 8.16. The molecule has 74 valence electrons. The van der Waals surface area contributed by atoms with E-state index in [-0.39, 0.29) is 12.4 Å². The lowest BCUT2D eigenvalue weighted by molar-refractivity contribution is -0.190. The lowest BCUT2D eigenvalue weighted by atomic mass is 10.1. The van der Waals surface area contributed by atoms with Gasteiger partial charge in [0.25, 0.3) is 0 Å². The molecule has 0 unspecified atom stereocenters. The van der Waals surface area contributed by atoms with Crippen molar-refractivity contribution in [1.29, 1.82) is 0 Å². The Bertz CT molecular complexity index is 457. The van der Waals surface area contributed by atoms with Gasteiger partial charge in [-0.1, -0.05) is 29.8 Å². The fourth-order valence-corrected chi connectivity index (χ4v) is 1.66. The highest BCUT2D eigenvalue weighted by atomic mass is 35.5. The maximum absolute atomic E-state index is 5.50. The Morgan fingerprint density at radius 2 is 1.86 bits per heavy atom. The van der Waals surface area contributed by atoms with Crippen LogP contribution in [0.3, 0.4) is 0 Å². The third-order valence-electron chi connectivity index (χ3n) is 1.83. The minimum atomic E-state index is 0. The quantitative estimate of drug-likeness (QED) is 0.601. The lowest BCUT2D eigenvalue weighted by Gasteiger charge is -1.95. The molecule has 0 atom stereocenters. The van der Waals surface area contributed by atoms with Gasteiger partial charge < -0.3 is 16.8 Å². The molecule has 0 saturated carbocycles. The van der Waals surface area contributed by atoms with E-state index in [0.717, 1.165) is 11.3 Å². The molecule has 0 aliphatic heterocycles. The predicted molar refractivity (Wildman–Crippen MR) is 51.8 cm³/mol. The second-order valence-corrected chi connectivity index (χ2v) is 3.76. The molecule has 2 aromatic rings. The van der Waals surface area contributed by atoms with Gasteiger partial charge in [0.15, 0.2) is 5.76 Å². The van der Waals surface area contributed by atoms with Gasteiger partial charge >= 0.3 is 4.87 Å². The number of hydrogen-bond donors (Lipinski definition) is 1. The van der Waals surface area contributed by atoms with Gasteiger partial charge in [-0.25, -0.2) is 5.41 Å². The Balaban J connectivity index is 0.000000980. The van der Waals surface area contributed by atoms with Crippen LogP contribution < -0.4 is 22.7 Å². The summed E-state index contributed by atoms with van der Waals surface area (Å²) in [6.45, 7) is 2.06. The molecule has 0 aliphatic rings. The molecule has 1 heterocycles. The molecule has 0 radical (unpaired) electrons. The normalized spacial score (nSPS) is 9.50. The van der Waals surface area contributed by atoms with E-state index in [0.29, 0.717) is 4.87 Å². The molecule has 2 rings (SSSR count). The summed E-state index contributed by atoms with van der Waals surface area (Å²) in [6.07, 6.45) is 0. The molecule has 0 amide bonds. The third kappa shape index (κ3) is 2.25. The first kappa shape index (κ1) is 11.0. The van der Waals surface area contributed by atoms with Crippen molar-refractivity contribution >= 4 is 11.3 Å². The van der Waals surface area contributed by atoms with Gasteiger partial charge in [0.1, 0.15) is 0 Å². The van der Waals surface area contributed by atoms with Crippen molar-refractivity contribution in [3.63, 3.8) is 0 Å². The van der Waals surface area contributed by atoms with Crippen LogP contribution in [0.5, 0.6) is 0 Å². The van der Waals surface area contributed by atoms with E-state index in [9.17, 15) is 0 Å². The fourth-order valence-electron chi connectivity index (χ4n) is 1.11. The Morgan fingerprint density at radius 3 is 2.36 bits per heavy atom. The Kier molecular flexibility index (Phi) is 3.49. The summed E-state index contributed by atoms with van der Waals surface area (Å²) < 4.78 is 5.31. The Hall–Kier alpha value is -1.06. The van der Waals surface area contributed by atoms with Gasteiger partial charge in [-0.3, -0.25) is 0 Å². The van der Waals surface area contributed by atoms with Crippen LogP contribution in [0.15, 0.2) is 34.1 Å². The van der Waals surface area contributed by atoms with Crippen LogP contribution >= 0.6 is 11.3 Å². The average molecular weight is 228 g/mol. The lowest BCUT2D eigenvalue weighted by Crippen LogP contribution is -3.00. The number of hydrogen-bond acceptors (Lipinski definition) is 2. The Labute approximate surface area is 92.1 Å². The summed E-state index contributed by atoms with van der Waals surface area (Å²) in [5.74, 6) is 0.836. The summed E-state index contributed by atoms with van der Waals surface area (Å²) in [7, 11) is 0. The zero-order valence-corrected chi connectivity index (χ0v) is 9.23. The maximum atomic E-state index is 5.50. The highest BCUT2D eigenvalue weighted by Gasteiger charge is 2.02. The van der Waals surface area contributed by atoms with Gasteiger partial charge in [0.2, 0.25) is 0 Å². The fraction of sp³-hybridized carbons (Fsp3) is 0.100. The zero-order valence-electron chi connectivity index (χ0n) is 7.66. The van der Waals surface area contributed by atoms with E-state index in [1.165, 1.54) is 16.9 Å². The molecule has 4 heteroatoms. The molecule has 1 aromatic heterocycles. The topological polar surface area (TPSA) is 38.7 Å². The van der Waals surface area contributed by atoms with E-state index in [1.54, 1.807) is 0 Å². The first-order chi connectivity index (χ1) is 6.25. The standard InChI is InChI=1S/C10H9NOS.ClH/c1-7-2-4-8(5-3-7)9-6-13-10(11)12-9;/h2-6,11H,1H3;1H. The third-order valence-corrected chi connectivity index (χ3v) is 2.48. The van der Waals surface area contributed by atoms with Crippen molar-refractivity contribution in [1.82, 2.24) is 0 Å². The van der Waals surface area contributed by atoms with E-state index >= 15 is 0 Å². The van der Waals surface area contributed by atoms with Gasteiger partial charge in [-0.15, -0.1) is 0 Å². The van der Waals surface area contributed by atoms with Crippen molar-refractivity contribution in [2.75, 3.05) is 0 Å². The maximum Gasteiger partial charge on any atom is 0.426 e. The molecule has 0 fully saturated rings. The molecule has 1 aromatic carbocycles. The smallest absolute Gasteiger partial charge is 0.426 e. The molecule has 2 N–H and O–H groups in total. The summed E-state index contributed by atoms with van der Waals surface area (Å²) in [5, 5.41) is 7.41. The van der Waals surface area contributed by atoms with Gasteiger partial charge in [-0.2, -0.15) is 0 Å². The van der Waals surface area contributed by atoms with Crippen LogP contribution in [0.1, 0.15) is 5.56 Å². The van der Waals surface area contributed by atoms with E-state index in [1.807, 2.05) is 17.5 Å². The SMILES string of the molecule is Cc1ccc(-c2csc(=[NH2+])o2)cc1.[Cl-].